The van der Waals surface area contributed by atoms with Crippen molar-refractivity contribution < 1.29 is 35.1 Å². The summed E-state index contributed by atoms with van der Waals surface area (Å²) in [6.07, 6.45) is -7.48. The van der Waals surface area contributed by atoms with Gasteiger partial charge < -0.3 is 35.6 Å². The van der Waals surface area contributed by atoms with Crippen LogP contribution < -0.4 is 5.32 Å². The zero-order valence-electron chi connectivity index (χ0n) is 13.1. The van der Waals surface area contributed by atoms with E-state index in [9.17, 15) is 25.2 Å². The molecule has 6 unspecified atom stereocenters. The van der Waals surface area contributed by atoms with Crippen LogP contribution >= 0.6 is 0 Å². The van der Waals surface area contributed by atoms with Gasteiger partial charge in [-0.2, -0.15) is 0 Å². The summed E-state index contributed by atoms with van der Waals surface area (Å²) in [5, 5.41) is 50.9. The van der Waals surface area contributed by atoms with Crippen LogP contribution in [0.1, 0.15) is 27.2 Å². The predicted molar refractivity (Wildman–Crippen MR) is 76.9 cm³/mol. The topological polar surface area (TPSA) is 139 Å². The zero-order chi connectivity index (χ0) is 17.1. The molecule has 1 aliphatic rings. The third-order valence-corrected chi connectivity index (χ3v) is 3.79. The first-order valence-electron chi connectivity index (χ1n) is 7.41. The number of carbonyl (C=O) groups is 1. The van der Waals surface area contributed by atoms with Gasteiger partial charge in [0.05, 0.1) is 12.7 Å². The Hall–Kier alpha value is -0.770. The minimum atomic E-state index is -1.63. The highest BCUT2D eigenvalue weighted by atomic mass is 16.5. The molecular formula is C14H27NO7. The largest absolute Gasteiger partial charge is 0.394 e. The Morgan fingerprint density at radius 3 is 2.45 bits per heavy atom. The number of carbonyl (C=O) groups excluding carboxylic acids is 1. The normalized spacial score (nSPS) is 35.2. The summed E-state index contributed by atoms with van der Waals surface area (Å²) in [6.45, 7) is 4.98. The number of rotatable bonds is 6. The van der Waals surface area contributed by atoms with Crippen molar-refractivity contribution in [3.63, 3.8) is 0 Å². The molecule has 0 spiro atoms. The van der Waals surface area contributed by atoms with Crippen molar-refractivity contribution in [3.8, 4) is 0 Å². The monoisotopic (exact) mass is 321 g/mol. The molecule has 6 N–H and O–H groups in total. The molecule has 0 radical (unpaired) electrons. The molecule has 0 aromatic heterocycles. The molecule has 1 amide bonds. The van der Waals surface area contributed by atoms with E-state index in [1.54, 1.807) is 0 Å². The van der Waals surface area contributed by atoms with Crippen LogP contribution in [0.15, 0.2) is 0 Å². The van der Waals surface area contributed by atoms with E-state index in [1.165, 1.54) is 6.92 Å². The molecule has 6 atom stereocenters. The fourth-order valence-corrected chi connectivity index (χ4v) is 2.39. The summed E-state index contributed by atoms with van der Waals surface area (Å²) < 4.78 is 5.49. The number of amides is 1. The van der Waals surface area contributed by atoms with E-state index in [2.05, 4.69) is 5.32 Å². The maximum absolute atomic E-state index is 12.3. The van der Waals surface area contributed by atoms with Crippen molar-refractivity contribution in [3.05, 3.63) is 0 Å². The van der Waals surface area contributed by atoms with Gasteiger partial charge in [0.15, 0.2) is 0 Å². The molecule has 0 saturated carbocycles. The van der Waals surface area contributed by atoms with Crippen molar-refractivity contribution in [1.29, 1.82) is 0 Å². The summed E-state index contributed by atoms with van der Waals surface area (Å²) in [4.78, 5) is 12.3. The summed E-state index contributed by atoms with van der Waals surface area (Å²) in [5.74, 6) is -0.243. The predicted octanol–water partition coefficient (Wildman–Crippen LogP) is -2.26. The zero-order valence-corrected chi connectivity index (χ0v) is 13.1. The van der Waals surface area contributed by atoms with Crippen molar-refractivity contribution in [2.24, 2.45) is 5.92 Å². The van der Waals surface area contributed by atoms with Crippen LogP contribution in [0.5, 0.6) is 0 Å². The minimum Gasteiger partial charge on any atom is -0.394 e. The highest BCUT2D eigenvalue weighted by Crippen LogP contribution is 2.31. The van der Waals surface area contributed by atoms with E-state index < -0.39 is 48.6 Å². The van der Waals surface area contributed by atoms with Gasteiger partial charge in [0.2, 0.25) is 0 Å². The van der Waals surface area contributed by atoms with E-state index in [0.717, 1.165) is 0 Å². The first-order valence-corrected chi connectivity index (χ1v) is 7.41. The second-order valence-corrected chi connectivity index (χ2v) is 6.42. The van der Waals surface area contributed by atoms with Crippen LogP contribution in [0.3, 0.4) is 0 Å². The molecule has 8 heteroatoms. The van der Waals surface area contributed by atoms with Crippen LogP contribution in [0.25, 0.3) is 0 Å². The third-order valence-electron chi connectivity index (χ3n) is 3.79. The first-order chi connectivity index (χ1) is 10.1. The average Bonchev–Trinajstić information content (AvgIpc) is 2.46. The number of nitrogens with one attached hydrogen (secondary N) is 1. The Labute approximate surface area is 129 Å². The number of hydrogen-bond donors (Lipinski definition) is 6. The fourth-order valence-electron chi connectivity index (χ4n) is 2.39. The molecule has 0 aliphatic carbocycles. The van der Waals surface area contributed by atoms with Gasteiger partial charge in [-0.15, -0.1) is 0 Å². The van der Waals surface area contributed by atoms with Gasteiger partial charge in [0.25, 0.3) is 5.91 Å². The Morgan fingerprint density at radius 1 is 1.36 bits per heavy atom. The molecular weight excluding hydrogens is 294 g/mol. The lowest BCUT2D eigenvalue weighted by Gasteiger charge is -2.44. The lowest BCUT2D eigenvalue weighted by molar-refractivity contribution is -0.242. The van der Waals surface area contributed by atoms with Crippen LogP contribution in [-0.2, 0) is 9.53 Å². The van der Waals surface area contributed by atoms with Crippen LogP contribution in [0.2, 0.25) is 0 Å². The molecule has 22 heavy (non-hydrogen) atoms. The number of ether oxygens (including phenoxy) is 1. The van der Waals surface area contributed by atoms with Gasteiger partial charge >= 0.3 is 0 Å². The van der Waals surface area contributed by atoms with Crippen molar-refractivity contribution in [2.45, 2.75) is 63.3 Å². The average molecular weight is 321 g/mol. The second kappa shape index (κ2) is 7.67. The summed E-state index contributed by atoms with van der Waals surface area (Å²) >= 11 is 0. The number of aliphatic hydroxyl groups is 5. The standard InChI is InChI=1S/C14H27NO7/c1-7(2)5-15-13(21)14(3)4-8(17)10(19)12(22-14)11(20)9(18)6-16/h7-12,16-20H,4-6H2,1-3H3,(H,15,21). The fraction of sp³-hybridized carbons (Fsp3) is 0.929. The quantitative estimate of drug-likeness (QED) is 0.324. The Bertz CT molecular complexity index is 378. The Morgan fingerprint density at radius 2 is 1.95 bits per heavy atom. The van der Waals surface area contributed by atoms with Gasteiger partial charge in [0.1, 0.15) is 30.0 Å². The molecule has 130 valence electrons. The molecule has 0 bridgehead atoms. The molecule has 1 rings (SSSR count). The van der Waals surface area contributed by atoms with E-state index in [-0.39, 0.29) is 12.3 Å². The van der Waals surface area contributed by atoms with Gasteiger partial charge in [0, 0.05) is 13.0 Å². The Kier molecular flexibility index (Phi) is 6.72. The van der Waals surface area contributed by atoms with Crippen LogP contribution in [0.4, 0.5) is 0 Å². The SMILES string of the molecule is CC(C)CNC(=O)C1(C)CC(O)C(O)C(C(O)C(O)CO)O1. The van der Waals surface area contributed by atoms with Crippen LogP contribution in [-0.4, -0.2) is 80.7 Å². The highest BCUT2D eigenvalue weighted by molar-refractivity contribution is 5.85. The first kappa shape index (κ1) is 19.3. The number of hydrogen-bond acceptors (Lipinski definition) is 7. The number of aliphatic hydroxyl groups excluding tert-OH is 5. The van der Waals surface area contributed by atoms with Gasteiger partial charge in [-0.1, -0.05) is 13.8 Å². The molecule has 1 heterocycles. The van der Waals surface area contributed by atoms with E-state index in [1.807, 2.05) is 13.8 Å². The maximum Gasteiger partial charge on any atom is 0.252 e. The minimum absolute atomic E-state index is 0.142. The molecule has 1 saturated heterocycles. The molecule has 0 aromatic carbocycles. The van der Waals surface area contributed by atoms with Crippen LogP contribution in [0, 0.1) is 5.92 Å². The van der Waals surface area contributed by atoms with E-state index in [4.69, 9.17) is 9.84 Å². The lowest BCUT2D eigenvalue weighted by atomic mass is 9.85. The van der Waals surface area contributed by atoms with Gasteiger partial charge in [-0.05, 0) is 12.8 Å². The Balaban J connectivity index is 2.87. The van der Waals surface area contributed by atoms with Crippen molar-refractivity contribution in [2.75, 3.05) is 13.2 Å². The molecule has 0 aromatic rings. The lowest BCUT2D eigenvalue weighted by Crippen LogP contribution is -2.63. The maximum atomic E-state index is 12.3. The summed E-state index contributed by atoms with van der Waals surface area (Å²) in [6, 6.07) is 0. The van der Waals surface area contributed by atoms with Crippen molar-refractivity contribution in [1.82, 2.24) is 5.32 Å². The van der Waals surface area contributed by atoms with E-state index in [0.29, 0.717) is 6.54 Å². The smallest absolute Gasteiger partial charge is 0.252 e. The summed E-state index contributed by atoms with van der Waals surface area (Å²) in [7, 11) is 0. The highest BCUT2D eigenvalue weighted by Gasteiger charge is 2.50. The third kappa shape index (κ3) is 4.37. The molecule has 1 fully saturated rings. The second-order valence-electron chi connectivity index (χ2n) is 6.42. The van der Waals surface area contributed by atoms with Gasteiger partial charge in [-0.3, -0.25) is 4.79 Å². The summed E-state index contributed by atoms with van der Waals surface area (Å²) in [5.41, 5.74) is -1.45. The molecule has 8 nitrogen and oxygen atoms in total. The van der Waals surface area contributed by atoms with Gasteiger partial charge in [-0.25, -0.2) is 0 Å². The van der Waals surface area contributed by atoms with Crippen molar-refractivity contribution >= 4 is 5.91 Å². The molecule has 1 aliphatic heterocycles. The van der Waals surface area contributed by atoms with E-state index >= 15 is 0 Å².